The van der Waals surface area contributed by atoms with Crippen molar-refractivity contribution in [2.45, 2.75) is 46.0 Å². The van der Waals surface area contributed by atoms with Crippen LogP contribution < -0.4 is 5.32 Å². The largest absolute Gasteiger partial charge is 0.313 e. The van der Waals surface area contributed by atoms with Gasteiger partial charge in [0, 0.05) is 6.54 Å². The molecule has 1 N–H and O–H groups in total. The molecule has 1 aliphatic rings. The Morgan fingerprint density at radius 1 is 1.43 bits per heavy atom. The highest BCUT2D eigenvalue weighted by Crippen LogP contribution is 2.30. The molecule has 1 aliphatic carbocycles. The zero-order valence-corrected chi connectivity index (χ0v) is 9.81. The van der Waals surface area contributed by atoms with Crippen molar-refractivity contribution in [2.75, 3.05) is 13.1 Å². The third-order valence-electron chi connectivity index (χ3n) is 3.20. The van der Waals surface area contributed by atoms with Crippen LogP contribution in [0.4, 0.5) is 0 Å². The molecule has 1 heteroatoms. The Bertz CT molecular complexity index is 174. The SMILES string of the molecule is C=C(C)CNCCC1CCCC(C)C1. The standard InChI is InChI=1S/C13H25N/c1-11(2)10-14-8-7-13-6-4-5-12(3)9-13/h12-14H,1,4-10H2,2-3H3. The van der Waals surface area contributed by atoms with Crippen molar-refractivity contribution in [3.8, 4) is 0 Å². The lowest BCUT2D eigenvalue weighted by atomic mass is 9.81. The van der Waals surface area contributed by atoms with Gasteiger partial charge in [0.1, 0.15) is 0 Å². The summed E-state index contributed by atoms with van der Waals surface area (Å²) in [6.07, 6.45) is 7.17. The van der Waals surface area contributed by atoms with Gasteiger partial charge in [0.05, 0.1) is 0 Å². The van der Waals surface area contributed by atoms with E-state index in [1.54, 1.807) is 0 Å². The zero-order valence-electron chi connectivity index (χ0n) is 9.81. The summed E-state index contributed by atoms with van der Waals surface area (Å²) < 4.78 is 0. The maximum Gasteiger partial charge on any atom is 0.0159 e. The van der Waals surface area contributed by atoms with E-state index >= 15 is 0 Å². The molecule has 0 spiro atoms. The highest BCUT2D eigenvalue weighted by molar-refractivity contribution is 4.90. The van der Waals surface area contributed by atoms with Gasteiger partial charge in [-0.05, 0) is 38.1 Å². The zero-order chi connectivity index (χ0) is 10.4. The third kappa shape index (κ3) is 4.80. The monoisotopic (exact) mass is 195 g/mol. The molecule has 0 aromatic heterocycles. The Morgan fingerprint density at radius 2 is 2.21 bits per heavy atom. The van der Waals surface area contributed by atoms with Crippen LogP contribution in [-0.2, 0) is 0 Å². The van der Waals surface area contributed by atoms with Crippen molar-refractivity contribution in [3.63, 3.8) is 0 Å². The van der Waals surface area contributed by atoms with E-state index in [-0.39, 0.29) is 0 Å². The second kappa shape index (κ2) is 6.23. The van der Waals surface area contributed by atoms with Crippen molar-refractivity contribution >= 4 is 0 Å². The van der Waals surface area contributed by atoms with E-state index in [4.69, 9.17) is 0 Å². The summed E-state index contributed by atoms with van der Waals surface area (Å²) in [5.41, 5.74) is 1.24. The molecule has 1 nitrogen and oxygen atoms in total. The number of hydrogen-bond acceptors (Lipinski definition) is 1. The van der Waals surface area contributed by atoms with Crippen LogP contribution in [0.5, 0.6) is 0 Å². The smallest absolute Gasteiger partial charge is 0.0159 e. The lowest BCUT2D eigenvalue weighted by Gasteiger charge is -2.26. The highest BCUT2D eigenvalue weighted by atomic mass is 14.8. The van der Waals surface area contributed by atoms with Gasteiger partial charge < -0.3 is 5.32 Å². The number of hydrogen-bond donors (Lipinski definition) is 1. The van der Waals surface area contributed by atoms with Gasteiger partial charge in [-0.1, -0.05) is 38.3 Å². The first-order valence-corrected chi connectivity index (χ1v) is 6.03. The van der Waals surface area contributed by atoms with Crippen LogP contribution in [-0.4, -0.2) is 13.1 Å². The molecule has 2 atom stereocenters. The van der Waals surface area contributed by atoms with Crippen LogP contribution in [0, 0.1) is 11.8 Å². The van der Waals surface area contributed by atoms with Gasteiger partial charge in [-0.3, -0.25) is 0 Å². The molecule has 2 unspecified atom stereocenters. The molecule has 1 rings (SSSR count). The van der Waals surface area contributed by atoms with Crippen LogP contribution in [0.15, 0.2) is 12.2 Å². The van der Waals surface area contributed by atoms with Gasteiger partial charge in [-0.15, -0.1) is 0 Å². The van der Waals surface area contributed by atoms with Gasteiger partial charge in [0.15, 0.2) is 0 Å². The van der Waals surface area contributed by atoms with E-state index < -0.39 is 0 Å². The molecule has 0 aliphatic heterocycles. The first-order chi connectivity index (χ1) is 6.68. The summed E-state index contributed by atoms with van der Waals surface area (Å²) in [6, 6.07) is 0. The Morgan fingerprint density at radius 3 is 2.86 bits per heavy atom. The first-order valence-electron chi connectivity index (χ1n) is 6.03. The van der Waals surface area contributed by atoms with E-state index in [0.29, 0.717) is 0 Å². The molecule has 0 bridgehead atoms. The quantitative estimate of drug-likeness (QED) is 0.524. The van der Waals surface area contributed by atoms with Crippen molar-refractivity contribution < 1.29 is 0 Å². The summed E-state index contributed by atoms with van der Waals surface area (Å²) >= 11 is 0. The fourth-order valence-electron chi connectivity index (χ4n) is 2.43. The fourth-order valence-corrected chi connectivity index (χ4v) is 2.43. The molecule has 14 heavy (non-hydrogen) atoms. The van der Waals surface area contributed by atoms with Crippen LogP contribution in [0.2, 0.25) is 0 Å². The summed E-state index contributed by atoms with van der Waals surface area (Å²) in [7, 11) is 0. The Labute approximate surface area is 89.0 Å². The summed E-state index contributed by atoms with van der Waals surface area (Å²) in [5.74, 6) is 1.95. The topological polar surface area (TPSA) is 12.0 Å². The summed E-state index contributed by atoms with van der Waals surface area (Å²) in [5, 5.41) is 3.45. The molecule has 0 amide bonds. The van der Waals surface area contributed by atoms with Crippen LogP contribution in [0.3, 0.4) is 0 Å². The molecule has 0 saturated heterocycles. The molecule has 0 aromatic rings. The van der Waals surface area contributed by atoms with Crippen molar-refractivity contribution in [2.24, 2.45) is 11.8 Å². The molecule has 82 valence electrons. The molecular weight excluding hydrogens is 170 g/mol. The van der Waals surface area contributed by atoms with Crippen LogP contribution >= 0.6 is 0 Å². The van der Waals surface area contributed by atoms with Gasteiger partial charge in [-0.2, -0.15) is 0 Å². The van der Waals surface area contributed by atoms with Crippen molar-refractivity contribution in [3.05, 3.63) is 12.2 Å². The van der Waals surface area contributed by atoms with E-state index in [1.165, 1.54) is 44.2 Å². The average molecular weight is 195 g/mol. The van der Waals surface area contributed by atoms with E-state index in [0.717, 1.165) is 18.4 Å². The Hall–Kier alpha value is -0.300. The molecular formula is C13H25N. The van der Waals surface area contributed by atoms with Gasteiger partial charge in [0.2, 0.25) is 0 Å². The van der Waals surface area contributed by atoms with Gasteiger partial charge >= 0.3 is 0 Å². The minimum Gasteiger partial charge on any atom is -0.313 e. The van der Waals surface area contributed by atoms with Crippen LogP contribution in [0.25, 0.3) is 0 Å². The summed E-state index contributed by atoms with van der Waals surface area (Å²) in [6.45, 7) is 10.5. The van der Waals surface area contributed by atoms with Gasteiger partial charge in [-0.25, -0.2) is 0 Å². The molecule has 0 radical (unpaired) electrons. The third-order valence-corrected chi connectivity index (χ3v) is 3.20. The predicted molar refractivity (Wildman–Crippen MR) is 63.4 cm³/mol. The molecule has 1 fully saturated rings. The fraction of sp³-hybridized carbons (Fsp3) is 0.846. The molecule has 0 heterocycles. The predicted octanol–water partition coefficient (Wildman–Crippen LogP) is 3.37. The number of nitrogens with one attached hydrogen (secondary N) is 1. The minimum atomic E-state index is 0.967. The van der Waals surface area contributed by atoms with E-state index in [1.807, 2.05) is 0 Å². The van der Waals surface area contributed by atoms with Crippen molar-refractivity contribution in [1.29, 1.82) is 0 Å². The van der Waals surface area contributed by atoms with E-state index in [9.17, 15) is 0 Å². The normalized spacial score (nSPS) is 27.6. The average Bonchev–Trinajstić information content (AvgIpc) is 2.12. The second-order valence-electron chi connectivity index (χ2n) is 5.06. The lowest BCUT2D eigenvalue weighted by molar-refractivity contribution is 0.268. The Kier molecular flexibility index (Phi) is 5.24. The first kappa shape index (κ1) is 11.8. The minimum absolute atomic E-state index is 0.967. The summed E-state index contributed by atoms with van der Waals surface area (Å²) in [4.78, 5) is 0. The Balaban J connectivity index is 2.03. The van der Waals surface area contributed by atoms with E-state index in [2.05, 4.69) is 25.7 Å². The number of rotatable bonds is 5. The molecule has 0 aromatic carbocycles. The van der Waals surface area contributed by atoms with Crippen molar-refractivity contribution in [1.82, 2.24) is 5.32 Å². The maximum atomic E-state index is 3.89. The lowest BCUT2D eigenvalue weighted by Crippen LogP contribution is -2.22. The second-order valence-corrected chi connectivity index (χ2v) is 5.06. The highest BCUT2D eigenvalue weighted by Gasteiger charge is 2.17. The molecule has 1 saturated carbocycles. The van der Waals surface area contributed by atoms with Gasteiger partial charge in [0.25, 0.3) is 0 Å². The van der Waals surface area contributed by atoms with Crippen LogP contribution in [0.1, 0.15) is 46.0 Å². The maximum absolute atomic E-state index is 3.89.